The normalized spacial score (nSPS) is 22.4. The van der Waals surface area contributed by atoms with Crippen LogP contribution in [0.15, 0.2) is 54.6 Å². The molecule has 1 fully saturated rings. The summed E-state index contributed by atoms with van der Waals surface area (Å²) in [6, 6.07) is 18.0. The fraction of sp³-hybridized carbons (Fsp3) is 0.400. The number of hydrogen-bond donors (Lipinski definition) is 1. The fourth-order valence-corrected chi connectivity index (χ4v) is 3.12. The van der Waals surface area contributed by atoms with Crippen LogP contribution in [0, 0.1) is 5.92 Å². The van der Waals surface area contributed by atoms with Crippen molar-refractivity contribution in [2.24, 2.45) is 5.92 Å². The van der Waals surface area contributed by atoms with E-state index in [2.05, 4.69) is 49.1 Å². The van der Waals surface area contributed by atoms with Crippen LogP contribution in [-0.2, 0) is 11.3 Å². The number of morpholine rings is 1. The van der Waals surface area contributed by atoms with Gasteiger partial charge in [-0.1, -0.05) is 56.3 Å². The maximum absolute atomic E-state index is 9.67. The van der Waals surface area contributed by atoms with Gasteiger partial charge in [-0.2, -0.15) is 0 Å². The first-order valence-corrected chi connectivity index (χ1v) is 8.32. The predicted octanol–water partition coefficient (Wildman–Crippen LogP) is 3.99. The van der Waals surface area contributed by atoms with Crippen molar-refractivity contribution in [3.8, 4) is 5.75 Å². The molecule has 3 rings (SSSR count). The third-order valence-electron chi connectivity index (χ3n) is 4.43. The molecule has 0 spiro atoms. The van der Waals surface area contributed by atoms with E-state index in [0.717, 1.165) is 25.2 Å². The van der Waals surface area contributed by atoms with E-state index in [-0.39, 0.29) is 12.2 Å². The molecule has 2 aromatic rings. The Bertz CT molecular complexity index is 627. The Balaban J connectivity index is 1.76. The quantitative estimate of drug-likeness (QED) is 0.926. The topological polar surface area (TPSA) is 32.7 Å². The summed E-state index contributed by atoms with van der Waals surface area (Å²) >= 11 is 0. The van der Waals surface area contributed by atoms with Crippen molar-refractivity contribution >= 4 is 0 Å². The second-order valence-electron chi connectivity index (χ2n) is 6.68. The number of hydrogen-bond acceptors (Lipinski definition) is 3. The van der Waals surface area contributed by atoms with Gasteiger partial charge in [0.15, 0.2) is 0 Å². The van der Waals surface area contributed by atoms with E-state index in [9.17, 15) is 5.11 Å². The Morgan fingerprint density at radius 3 is 2.57 bits per heavy atom. The fourth-order valence-electron chi connectivity index (χ4n) is 3.12. The molecular formula is C20H25NO2. The highest BCUT2D eigenvalue weighted by atomic mass is 16.5. The number of phenols is 1. The molecule has 23 heavy (non-hydrogen) atoms. The van der Waals surface area contributed by atoms with Crippen molar-refractivity contribution in [2.45, 2.75) is 32.6 Å². The maximum atomic E-state index is 9.67. The number of nitrogens with zero attached hydrogens (tertiary/aromatic N) is 1. The lowest BCUT2D eigenvalue weighted by atomic mass is 10.0. The average molecular weight is 311 g/mol. The van der Waals surface area contributed by atoms with Crippen LogP contribution >= 0.6 is 0 Å². The van der Waals surface area contributed by atoms with Gasteiger partial charge in [-0.15, -0.1) is 0 Å². The monoisotopic (exact) mass is 311 g/mol. The molecule has 1 N–H and O–H groups in total. The molecule has 0 amide bonds. The summed E-state index contributed by atoms with van der Waals surface area (Å²) in [6.45, 7) is 7.07. The van der Waals surface area contributed by atoms with E-state index >= 15 is 0 Å². The van der Waals surface area contributed by atoms with Gasteiger partial charge in [-0.25, -0.2) is 0 Å². The standard InChI is InChI=1S/C20H25NO2/c1-15(2)19-13-21(12-16-7-6-10-18(22)11-16)14-20(23-19)17-8-4-3-5-9-17/h3-11,15,19-20,22H,12-14H2,1-2H3/t19-,20+/m1/s1. The summed E-state index contributed by atoms with van der Waals surface area (Å²) in [6.07, 6.45) is 0.334. The van der Waals surface area contributed by atoms with Gasteiger partial charge in [-0.3, -0.25) is 4.90 Å². The van der Waals surface area contributed by atoms with Crippen molar-refractivity contribution < 1.29 is 9.84 Å². The summed E-state index contributed by atoms with van der Waals surface area (Å²) < 4.78 is 6.33. The minimum Gasteiger partial charge on any atom is -0.508 e. The molecule has 122 valence electrons. The Morgan fingerprint density at radius 2 is 1.87 bits per heavy atom. The van der Waals surface area contributed by atoms with E-state index in [1.165, 1.54) is 5.56 Å². The molecule has 3 heteroatoms. The van der Waals surface area contributed by atoms with E-state index in [4.69, 9.17) is 4.74 Å². The van der Waals surface area contributed by atoms with Gasteiger partial charge in [0.05, 0.1) is 12.2 Å². The van der Waals surface area contributed by atoms with Gasteiger partial charge < -0.3 is 9.84 Å². The van der Waals surface area contributed by atoms with Crippen molar-refractivity contribution in [3.05, 3.63) is 65.7 Å². The van der Waals surface area contributed by atoms with Gasteiger partial charge in [-0.05, 0) is 29.2 Å². The van der Waals surface area contributed by atoms with Crippen LogP contribution in [0.2, 0.25) is 0 Å². The molecule has 2 aromatic carbocycles. The Kier molecular flexibility index (Phi) is 4.99. The summed E-state index contributed by atoms with van der Waals surface area (Å²) in [5.74, 6) is 0.809. The van der Waals surface area contributed by atoms with Crippen LogP contribution < -0.4 is 0 Å². The van der Waals surface area contributed by atoms with Gasteiger partial charge in [0.1, 0.15) is 5.75 Å². The Morgan fingerprint density at radius 1 is 1.09 bits per heavy atom. The van der Waals surface area contributed by atoms with Crippen molar-refractivity contribution in [2.75, 3.05) is 13.1 Å². The van der Waals surface area contributed by atoms with Crippen molar-refractivity contribution in [1.29, 1.82) is 0 Å². The SMILES string of the molecule is CC(C)[C@H]1CN(Cc2cccc(O)c2)C[C@@H](c2ccccc2)O1. The molecule has 1 aliphatic heterocycles. The maximum Gasteiger partial charge on any atom is 0.115 e. The number of aromatic hydroxyl groups is 1. The molecule has 0 bridgehead atoms. The Hall–Kier alpha value is -1.84. The van der Waals surface area contributed by atoms with Crippen molar-refractivity contribution in [1.82, 2.24) is 4.90 Å². The minimum atomic E-state index is 0.106. The first-order chi connectivity index (χ1) is 11.1. The highest BCUT2D eigenvalue weighted by Gasteiger charge is 2.30. The Labute approximate surface area is 138 Å². The lowest BCUT2D eigenvalue weighted by Crippen LogP contribution is -2.45. The van der Waals surface area contributed by atoms with Crippen LogP contribution in [0.4, 0.5) is 0 Å². The first-order valence-electron chi connectivity index (χ1n) is 8.32. The molecule has 1 heterocycles. The zero-order valence-electron chi connectivity index (χ0n) is 13.9. The van der Waals surface area contributed by atoms with Crippen LogP contribution in [0.5, 0.6) is 5.75 Å². The number of phenolic OH excluding ortho intramolecular Hbond substituents is 1. The van der Waals surface area contributed by atoms with E-state index in [1.807, 2.05) is 18.2 Å². The number of rotatable bonds is 4. The second kappa shape index (κ2) is 7.16. The average Bonchev–Trinajstić information content (AvgIpc) is 2.55. The summed E-state index contributed by atoms with van der Waals surface area (Å²) in [5, 5.41) is 9.67. The van der Waals surface area contributed by atoms with E-state index < -0.39 is 0 Å². The van der Waals surface area contributed by atoms with E-state index in [1.54, 1.807) is 6.07 Å². The number of ether oxygens (including phenoxy) is 1. The summed E-state index contributed by atoms with van der Waals surface area (Å²) in [5.41, 5.74) is 2.37. The zero-order valence-corrected chi connectivity index (χ0v) is 13.9. The van der Waals surface area contributed by atoms with Crippen LogP contribution in [0.1, 0.15) is 31.1 Å². The van der Waals surface area contributed by atoms with Crippen LogP contribution in [0.25, 0.3) is 0 Å². The summed E-state index contributed by atoms with van der Waals surface area (Å²) in [4.78, 5) is 2.43. The molecule has 1 saturated heterocycles. The van der Waals surface area contributed by atoms with Crippen LogP contribution in [-0.4, -0.2) is 29.2 Å². The van der Waals surface area contributed by atoms with Crippen LogP contribution in [0.3, 0.4) is 0 Å². The van der Waals surface area contributed by atoms with Gasteiger partial charge in [0.25, 0.3) is 0 Å². The minimum absolute atomic E-state index is 0.106. The molecule has 2 atom stereocenters. The third-order valence-corrected chi connectivity index (χ3v) is 4.43. The zero-order chi connectivity index (χ0) is 16.2. The molecule has 1 aliphatic rings. The third kappa shape index (κ3) is 4.12. The smallest absolute Gasteiger partial charge is 0.115 e. The first kappa shape index (κ1) is 16.0. The highest BCUT2D eigenvalue weighted by Crippen LogP contribution is 2.29. The molecule has 0 aliphatic carbocycles. The molecule has 0 aromatic heterocycles. The molecule has 0 saturated carbocycles. The summed E-state index contributed by atoms with van der Waals surface area (Å²) in [7, 11) is 0. The molecule has 0 unspecified atom stereocenters. The molecular weight excluding hydrogens is 286 g/mol. The van der Waals surface area contributed by atoms with Gasteiger partial charge in [0, 0.05) is 19.6 Å². The highest BCUT2D eigenvalue weighted by molar-refractivity contribution is 5.27. The van der Waals surface area contributed by atoms with Crippen molar-refractivity contribution in [3.63, 3.8) is 0 Å². The van der Waals surface area contributed by atoms with E-state index in [0.29, 0.717) is 11.7 Å². The van der Waals surface area contributed by atoms with Gasteiger partial charge in [0.2, 0.25) is 0 Å². The lowest BCUT2D eigenvalue weighted by Gasteiger charge is -2.40. The number of benzene rings is 2. The predicted molar refractivity (Wildman–Crippen MR) is 92.3 cm³/mol. The lowest BCUT2D eigenvalue weighted by molar-refractivity contribution is -0.107. The second-order valence-corrected chi connectivity index (χ2v) is 6.68. The molecule has 0 radical (unpaired) electrons. The van der Waals surface area contributed by atoms with Gasteiger partial charge >= 0.3 is 0 Å². The largest absolute Gasteiger partial charge is 0.508 e. The molecule has 3 nitrogen and oxygen atoms in total.